The number of nitrogens with one attached hydrogen (secondary N) is 1. The second-order valence-corrected chi connectivity index (χ2v) is 8.99. The molecule has 1 N–H and O–H groups in total. The summed E-state index contributed by atoms with van der Waals surface area (Å²) in [5, 5.41) is 13.5. The summed E-state index contributed by atoms with van der Waals surface area (Å²) in [6, 6.07) is 15.8. The number of aromatic nitrogens is 5. The highest BCUT2D eigenvalue weighted by atomic mass is 19.1. The summed E-state index contributed by atoms with van der Waals surface area (Å²) < 4.78 is 17.0. The van der Waals surface area contributed by atoms with Gasteiger partial charge in [-0.1, -0.05) is 23.4 Å². The molecule has 1 aliphatic heterocycles. The SMILES string of the molecule is Cc1cccc2ccnc(N(C(=O)c3ccc(-n4nnc5cccnc54)cc3F)[C@@H]3CCCNC3)c12. The van der Waals surface area contributed by atoms with Crippen LogP contribution in [0.1, 0.15) is 28.8 Å². The van der Waals surface area contributed by atoms with Crippen molar-refractivity contribution in [2.24, 2.45) is 0 Å². The van der Waals surface area contributed by atoms with Crippen LogP contribution in [0.5, 0.6) is 0 Å². The molecule has 0 saturated carbocycles. The molecule has 0 radical (unpaired) electrons. The van der Waals surface area contributed by atoms with Gasteiger partial charge in [0.05, 0.1) is 17.3 Å². The lowest BCUT2D eigenvalue weighted by atomic mass is 10.0. The van der Waals surface area contributed by atoms with Crippen LogP contribution < -0.4 is 10.2 Å². The number of fused-ring (bicyclic) bond motifs is 2. The number of hydrogen-bond acceptors (Lipinski definition) is 6. The van der Waals surface area contributed by atoms with Gasteiger partial charge in [-0.3, -0.25) is 9.69 Å². The Balaban J connectivity index is 1.45. The minimum Gasteiger partial charge on any atom is -0.315 e. The molecular weight excluding hydrogens is 457 g/mol. The number of halogens is 1. The van der Waals surface area contributed by atoms with E-state index in [0.29, 0.717) is 29.2 Å². The summed E-state index contributed by atoms with van der Waals surface area (Å²) in [7, 11) is 0. The van der Waals surface area contributed by atoms with Crippen molar-refractivity contribution in [2.75, 3.05) is 18.0 Å². The minimum atomic E-state index is -0.636. The van der Waals surface area contributed by atoms with Crippen LogP contribution in [0.25, 0.3) is 27.6 Å². The fourth-order valence-corrected chi connectivity index (χ4v) is 4.94. The molecule has 1 saturated heterocycles. The molecule has 9 heteroatoms. The fraction of sp³-hybridized carbons (Fsp3) is 0.222. The van der Waals surface area contributed by atoms with Crippen LogP contribution in [0, 0.1) is 12.7 Å². The second kappa shape index (κ2) is 9.09. The highest BCUT2D eigenvalue weighted by molar-refractivity contribution is 6.11. The predicted octanol–water partition coefficient (Wildman–Crippen LogP) is 4.21. The quantitative estimate of drug-likeness (QED) is 0.414. The van der Waals surface area contributed by atoms with E-state index in [1.165, 1.54) is 16.8 Å². The van der Waals surface area contributed by atoms with Gasteiger partial charge in [-0.15, -0.1) is 5.10 Å². The molecule has 3 aromatic heterocycles. The van der Waals surface area contributed by atoms with E-state index in [1.54, 1.807) is 35.5 Å². The van der Waals surface area contributed by atoms with E-state index in [0.717, 1.165) is 35.7 Å². The van der Waals surface area contributed by atoms with Gasteiger partial charge in [-0.05, 0) is 67.6 Å². The molecule has 2 aromatic carbocycles. The average Bonchev–Trinajstić information content (AvgIpc) is 3.34. The highest BCUT2D eigenvalue weighted by Gasteiger charge is 2.31. The van der Waals surface area contributed by atoms with Crippen LogP contribution in [-0.4, -0.2) is 50.0 Å². The van der Waals surface area contributed by atoms with Gasteiger partial charge in [0.1, 0.15) is 17.2 Å². The third-order valence-corrected chi connectivity index (χ3v) is 6.70. The van der Waals surface area contributed by atoms with Crippen molar-refractivity contribution in [1.82, 2.24) is 30.3 Å². The molecule has 0 spiro atoms. The molecule has 0 unspecified atom stereocenters. The van der Waals surface area contributed by atoms with E-state index < -0.39 is 11.7 Å². The van der Waals surface area contributed by atoms with E-state index in [2.05, 4.69) is 25.6 Å². The minimum absolute atomic E-state index is 0.0194. The Morgan fingerprint density at radius 3 is 2.86 bits per heavy atom. The van der Waals surface area contributed by atoms with Gasteiger partial charge in [-0.25, -0.2) is 14.4 Å². The number of nitrogens with zero attached hydrogens (tertiary/aromatic N) is 6. The molecule has 1 atom stereocenters. The van der Waals surface area contributed by atoms with Gasteiger partial charge in [0, 0.05) is 30.4 Å². The van der Waals surface area contributed by atoms with Crippen molar-refractivity contribution >= 4 is 33.7 Å². The molecule has 36 heavy (non-hydrogen) atoms. The molecule has 1 fully saturated rings. The van der Waals surface area contributed by atoms with E-state index in [9.17, 15) is 4.79 Å². The lowest BCUT2D eigenvalue weighted by Gasteiger charge is -2.35. The maximum absolute atomic E-state index is 15.6. The Morgan fingerprint density at radius 2 is 2.03 bits per heavy atom. The van der Waals surface area contributed by atoms with Crippen LogP contribution >= 0.6 is 0 Å². The van der Waals surface area contributed by atoms with Crippen LogP contribution in [0.3, 0.4) is 0 Å². The molecule has 4 heterocycles. The number of hydrogen-bond donors (Lipinski definition) is 1. The van der Waals surface area contributed by atoms with E-state index in [4.69, 9.17) is 0 Å². The summed E-state index contributed by atoms with van der Waals surface area (Å²) in [5.74, 6) is -0.500. The number of anilines is 1. The van der Waals surface area contributed by atoms with Crippen molar-refractivity contribution in [2.45, 2.75) is 25.8 Å². The molecule has 5 aromatic rings. The number of pyridine rings is 2. The Morgan fingerprint density at radius 1 is 1.11 bits per heavy atom. The number of carbonyl (C=O) groups excluding carboxylic acids is 1. The zero-order valence-corrected chi connectivity index (χ0v) is 19.7. The van der Waals surface area contributed by atoms with E-state index in [1.807, 2.05) is 31.2 Å². The highest BCUT2D eigenvalue weighted by Crippen LogP contribution is 2.32. The number of aryl methyl sites for hydroxylation is 1. The average molecular weight is 482 g/mol. The number of amides is 1. The lowest BCUT2D eigenvalue weighted by Crippen LogP contribution is -2.49. The van der Waals surface area contributed by atoms with Crippen molar-refractivity contribution in [3.63, 3.8) is 0 Å². The first-order valence-electron chi connectivity index (χ1n) is 12.0. The summed E-state index contributed by atoms with van der Waals surface area (Å²) >= 11 is 0. The topological polar surface area (TPSA) is 88.8 Å². The van der Waals surface area contributed by atoms with Gasteiger partial charge >= 0.3 is 0 Å². The second-order valence-electron chi connectivity index (χ2n) is 8.99. The van der Waals surface area contributed by atoms with Crippen molar-refractivity contribution in [3.8, 4) is 5.69 Å². The molecular formula is C27H24FN7O. The Bertz CT molecular complexity index is 1590. The number of carbonyl (C=O) groups is 1. The number of piperidine rings is 1. The third kappa shape index (κ3) is 3.77. The first-order valence-corrected chi connectivity index (χ1v) is 12.0. The van der Waals surface area contributed by atoms with E-state index >= 15 is 4.39 Å². The normalized spacial score (nSPS) is 15.9. The van der Waals surface area contributed by atoms with Crippen molar-refractivity contribution in [3.05, 3.63) is 83.9 Å². The Hall–Kier alpha value is -4.24. The summed E-state index contributed by atoms with van der Waals surface area (Å²) in [4.78, 5) is 24.6. The maximum Gasteiger partial charge on any atom is 0.262 e. The molecule has 1 amide bonds. The van der Waals surface area contributed by atoms with Gasteiger partial charge in [0.25, 0.3) is 5.91 Å². The summed E-state index contributed by atoms with van der Waals surface area (Å²) in [6.07, 6.45) is 5.06. The first kappa shape index (κ1) is 22.2. The standard InChI is InChI=1S/C27H24FN7O/c1-17-5-2-6-18-11-14-31-26(24(17)18)34(20-7-3-12-29-16-20)27(36)21-10-9-19(15-22(21)28)35-25-23(32-33-35)8-4-13-30-25/h2,4-6,8-11,13-15,20,29H,3,7,12,16H2,1H3/t20-/m1/s1. The van der Waals surface area contributed by atoms with Crippen LogP contribution in [0.4, 0.5) is 10.2 Å². The molecule has 6 rings (SSSR count). The summed E-state index contributed by atoms with van der Waals surface area (Å²) in [5.41, 5.74) is 2.55. The smallest absolute Gasteiger partial charge is 0.262 e. The zero-order valence-electron chi connectivity index (χ0n) is 19.7. The fourth-order valence-electron chi connectivity index (χ4n) is 4.94. The van der Waals surface area contributed by atoms with Gasteiger partial charge in [0.15, 0.2) is 5.65 Å². The van der Waals surface area contributed by atoms with Crippen molar-refractivity contribution < 1.29 is 9.18 Å². The number of rotatable bonds is 4. The number of benzene rings is 2. The summed E-state index contributed by atoms with van der Waals surface area (Å²) in [6.45, 7) is 3.51. The Labute approximate surface area is 206 Å². The maximum atomic E-state index is 15.6. The molecule has 180 valence electrons. The predicted molar refractivity (Wildman–Crippen MR) is 136 cm³/mol. The Kier molecular flexibility index (Phi) is 5.61. The van der Waals surface area contributed by atoms with Gasteiger partial charge in [-0.2, -0.15) is 4.68 Å². The molecule has 8 nitrogen and oxygen atoms in total. The monoisotopic (exact) mass is 481 g/mol. The van der Waals surface area contributed by atoms with Gasteiger partial charge < -0.3 is 5.32 Å². The van der Waals surface area contributed by atoms with Crippen molar-refractivity contribution in [1.29, 1.82) is 0 Å². The molecule has 1 aliphatic rings. The largest absolute Gasteiger partial charge is 0.315 e. The molecule has 0 aliphatic carbocycles. The van der Waals surface area contributed by atoms with Crippen LogP contribution in [-0.2, 0) is 0 Å². The zero-order chi connectivity index (χ0) is 24.6. The lowest BCUT2D eigenvalue weighted by molar-refractivity contribution is 0.0968. The van der Waals surface area contributed by atoms with Crippen LogP contribution in [0.2, 0.25) is 0 Å². The first-order chi connectivity index (χ1) is 17.6. The van der Waals surface area contributed by atoms with E-state index in [-0.39, 0.29) is 11.6 Å². The molecule has 0 bridgehead atoms. The third-order valence-electron chi connectivity index (χ3n) is 6.70. The van der Waals surface area contributed by atoms with Crippen LogP contribution in [0.15, 0.2) is 67.0 Å². The van der Waals surface area contributed by atoms with Gasteiger partial charge in [0.2, 0.25) is 0 Å².